The molecule has 0 heterocycles. The molecule has 0 spiro atoms. The maximum absolute atomic E-state index is 13.6. The third-order valence-corrected chi connectivity index (χ3v) is 4.15. The Morgan fingerprint density at radius 1 is 1.35 bits per heavy atom. The molecule has 0 radical (unpaired) electrons. The largest absolute Gasteiger partial charge is 0.490 e. The molecule has 2 rings (SSSR count). The van der Waals surface area contributed by atoms with Gasteiger partial charge in [-0.1, -0.05) is 19.4 Å². The number of hydrogen-bond acceptors (Lipinski definition) is 2. The first-order valence-corrected chi connectivity index (χ1v) is 7.83. The molecule has 1 aliphatic rings. The number of rotatable bonds is 7. The zero-order chi connectivity index (χ0) is 14.4. The fourth-order valence-corrected chi connectivity index (χ4v) is 3.02. The van der Waals surface area contributed by atoms with Crippen LogP contribution in [0.25, 0.3) is 0 Å². The number of hydrogen-bond donors (Lipinski definition) is 1. The molecule has 0 aromatic heterocycles. The predicted octanol–water partition coefficient (Wildman–Crippen LogP) is 4.07. The summed E-state index contributed by atoms with van der Waals surface area (Å²) in [6, 6.07) is 5.65. The fraction of sp³-hybridized carbons (Fsp3) is 0.647. The molecule has 0 bridgehead atoms. The lowest BCUT2D eigenvalue weighted by Crippen LogP contribution is -2.33. The third-order valence-electron chi connectivity index (χ3n) is 4.15. The van der Waals surface area contributed by atoms with Crippen molar-refractivity contribution in [1.82, 2.24) is 5.32 Å². The first-order valence-electron chi connectivity index (χ1n) is 7.83. The smallest absolute Gasteiger partial charge is 0.165 e. The molecule has 1 aromatic rings. The van der Waals surface area contributed by atoms with Crippen LogP contribution in [0.2, 0.25) is 0 Å². The van der Waals surface area contributed by atoms with Gasteiger partial charge in [0, 0.05) is 6.04 Å². The van der Waals surface area contributed by atoms with Crippen LogP contribution in [0.4, 0.5) is 4.39 Å². The molecule has 0 amide bonds. The SMILES string of the molecule is CCCNC1CCCC1CCOc1cc(C)ccc1F. The third kappa shape index (κ3) is 4.20. The highest BCUT2D eigenvalue weighted by Gasteiger charge is 2.26. The zero-order valence-electron chi connectivity index (χ0n) is 12.6. The molecular weight excluding hydrogens is 253 g/mol. The summed E-state index contributed by atoms with van der Waals surface area (Å²) in [5.41, 5.74) is 1.03. The molecule has 1 fully saturated rings. The van der Waals surface area contributed by atoms with E-state index >= 15 is 0 Å². The van der Waals surface area contributed by atoms with Crippen LogP contribution in [0.15, 0.2) is 18.2 Å². The topological polar surface area (TPSA) is 21.3 Å². The van der Waals surface area contributed by atoms with Gasteiger partial charge >= 0.3 is 0 Å². The minimum absolute atomic E-state index is 0.261. The summed E-state index contributed by atoms with van der Waals surface area (Å²) in [7, 11) is 0. The van der Waals surface area contributed by atoms with Gasteiger partial charge in [-0.15, -0.1) is 0 Å². The average Bonchev–Trinajstić information content (AvgIpc) is 2.88. The second-order valence-corrected chi connectivity index (χ2v) is 5.82. The Morgan fingerprint density at radius 3 is 3.00 bits per heavy atom. The van der Waals surface area contributed by atoms with Crippen molar-refractivity contribution in [3.8, 4) is 5.75 Å². The molecule has 0 aliphatic heterocycles. The zero-order valence-corrected chi connectivity index (χ0v) is 12.6. The van der Waals surface area contributed by atoms with Gasteiger partial charge in [0.1, 0.15) is 0 Å². The van der Waals surface area contributed by atoms with Crippen molar-refractivity contribution >= 4 is 0 Å². The highest BCUT2D eigenvalue weighted by Crippen LogP contribution is 2.29. The van der Waals surface area contributed by atoms with Crippen LogP contribution in [-0.2, 0) is 0 Å². The Bertz CT molecular complexity index is 421. The molecule has 2 nitrogen and oxygen atoms in total. The van der Waals surface area contributed by atoms with Crippen LogP contribution < -0.4 is 10.1 Å². The quantitative estimate of drug-likeness (QED) is 0.812. The van der Waals surface area contributed by atoms with Gasteiger partial charge in [-0.2, -0.15) is 0 Å². The van der Waals surface area contributed by atoms with E-state index in [2.05, 4.69) is 12.2 Å². The van der Waals surface area contributed by atoms with Gasteiger partial charge in [0.2, 0.25) is 0 Å². The second-order valence-electron chi connectivity index (χ2n) is 5.82. The minimum atomic E-state index is -0.261. The van der Waals surface area contributed by atoms with Gasteiger partial charge < -0.3 is 10.1 Å². The van der Waals surface area contributed by atoms with Gasteiger partial charge in [0.25, 0.3) is 0 Å². The van der Waals surface area contributed by atoms with E-state index in [0.29, 0.717) is 24.3 Å². The molecule has 1 N–H and O–H groups in total. The van der Waals surface area contributed by atoms with Crippen molar-refractivity contribution in [2.45, 2.75) is 52.0 Å². The predicted molar refractivity (Wildman–Crippen MR) is 80.7 cm³/mol. The molecule has 20 heavy (non-hydrogen) atoms. The van der Waals surface area contributed by atoms with E-state index in [-0.39, 0.29) is 5.82 Å². The Morgan fingerprint density at radius 2 is 2.20 bits per heavy atom. The van der Waals surface area contributed by atoms with Crippen LogP contribution in [0.3, 0.4) is 0 Å². The van der Waals surface area contributed by atoms with E-state index in [0.717, 1.165) is 18.5 Å². The molecule has 112 valence electrons. The number of halogens is 1. The van der Waals surface area contributed by atoms with Crippen LogP contribution in [0.5, 0.6) is 5.75 Å². The van der Waals surface area contributed by atoms with Crippen LogP contribution in [0.1, 0.15) is 44.6 Å². The minimum Gasteiger partial charge on any atom is -0.490 e. The molecule has 3 heteroatoms. The number of benzene rings is 1. The fourth-order valence-electron chi connectivity index (χ4n) is 3.02. The van der Waals surface area contributed by atoms with E-state index < -0.39 is 0 Å². The van der Waals surface area contributed by atoms with Gasteiger partial charge in [0.05, 0.1) is 6.61 Å². The van der Waals surface area contributed by atoms with E-state index in [4.69, 9.17) is 4.74 Å². The molecule has 2 unspecified atom stereocenters. The molecule has 1 aromatic carbocycles. The highest BCUT2D eigenvalue weighted by molar-refractivity contribution is 5.29. The lowest BCUT2D eigenvalue weighted by molar-refractivity contribution is 0.251. The molecule has 0 saturated heterocycles. The summed E-state index contributed by atoms with van der Waals surface area (Å²) in [4.78, 5) is 0. The maximum atomic E-state index is 13.6. The lowest BCUT2D eigenvalue weighted by Gasteiger charge is -2.21. The summed E-state index contributed by atoms with van der Waals surface area (Å²) < 4.78 is 19.2. The number of nitrogens with one attached hydrogen (secondary N) is 1. The Labute approximate surface area is 121 Å². The van der Waals surface area contributed by atoms with Gasteiger partial charge in [0.15, 0.2) is 11.6 Å². The normalized spacial score (nSPS) is 22.1. The molecule has 1 saturated carbocycles. The van der Waals surface area contributed by atoms with E-state index in [1.807, 2.05) is 6.92 Å². The summed E-state index contributed by atoms with van der Waals surface area (Å²) in [5, 5.41) is 3.62. The van der Waals surface area contributed by atoms with Crippen molar-refractivity contribution in [3.63, 3.8) is 0 Å². The Hall–Kier alpha value is -1.09. The van der Waals surface area contributed by atoms with Crippen LogP contribution in [-0.4, -0.2) is 19.2 Å². The summed E-state index contributed by atoms with van der Waals surface area (Å²) in [6.45, 7) is 5.85. The van der Waals surface area contributed by atoms with E-state index in [1.54, 1.807) is 12.1 Å². The van der Waals surface area contributed by atoms with Crippen LogP contribution in [0, 0.1) is 18.7 Å². The first kappa shape index (κ1) is 15.3. The second kappa shape index (κ2) is 7.63. The summed E-state index contributed by atoms with van der Waals surface area (Å²) in [6.07, 6.45) is 6.01. The van der Waals surface area contributed by atoms with E-state index in [1.165, 1.54) is 31.7 Å². The lowest BCUT2D eigenvalue weighted by atomic mass is 10.00. The summed E-state index contributed by atoms with van der Waals surface area (Å²) in [5.74, 6) is 0.804. The van der Waals surface area contributed by atoms with E-state index in [9.17, 15) is 4.39 Å². The van der Waals surface area contributed by atoms with Crippen molar-refractivity contribution in [2.75, 3.05) is 13.2 Å². The number of aryl methyl sites for hydroxylation is 1. The standard InChI is InChI=1S/C17H26FNO/c1-3-10-19-16-6-4-5-14(16)9-11-20-17-12-13(2)7-8-15(17)18/h7-8,12,14,16,19H,3-6,9-11H2,1-2H3. The van der Waals surface area contributed by atoms with Crippen molar-refractivity contribution in [3.05, 3.63) is 29.6 Å². The van der Waals surface area contributed by atoms with Gasteiger partial charge in [-0.25, -0.2) is 4.39 Å². The highest BCUT2D eigenvalue weighted by atomic mass is 19.1. The Balaban J connectivity index is 1.78. The molecule has 1 aliphatic carbocycles. The maximum Gasteiger partial charge on any atom is 0.165 e. The first-order chi connectivity index (χ1) is 9.70. The van der Waals surface area contributed by atoms with Crippen molar-refractivity contribution in [1.29, 1.82) is 0 Å². The molecule has 2 atom stereocenters. The van der Waals surface area contributed by atoms with Crippen molar-refractivity contribution in [2.24, 2.45) is 5.92 Å². The monoisotopic (exact) mass is 279 g/mol. The van der Waals surface area contributed by atoms with Gasteiger partial charge in [-0.05, 0) is 62.8 Å². The van der Waals surface area contributed by atoms with Crippen LogP contribution >= 0.6 is 0 Å². The number of ether oxygens (including phenoxy) is 1. The van der Waals surface area contributed by atoms with Crippen molar-refractivity contribution < 1.29 is 9.13 Å². The average molecular weight is 279 g/mol. The van der Waals surface area contributed by atoms with Gasteiger partial charge in [-0.3, -0.25) is 0 Å². The Kier molecular flexibility index (Phi) is 5.84. The molecular formula is C17H26FNO. The summed E-state index contributed by atoms with van der Waals surface area (Å²) >= 11 is 0.